The quantitative estimate of drug-likeness (QED) is 0.116. The fraction of sp³-hybridized carbons (Fsp3) is 0.341. The topological polar surface area (TPSA) is 127 Å². The third kappa shape index (κ3) is 8.83. The molecule has 0 spiro atoms. The molecule has 1 aliphatic heterocycles. The van der Waals surface area contributed by atoms with E-state index in [0.29, 0.717) is 60.0 Å². The van der Waals surface area contributed by atoms with E-state index in [1.54, 1.807) is 49.8 Å². The minimum absolute atomic E-state index is 0.00275. The number of aromatic nitrogens is 4. The van der Waals surface area contributed by atoms with Crippen LogP contribution in [0.2, 0.25) is 0 Å². The van der Waals surface area contributed by atoms with Gasteiger partial charge in [0, 0.05) is 61.8 Å². The van der Waals surface area contributed by atoms with Gasteiger partial charge in [0.05, 0.1) is 13.7 Å². The Hall–Kier alpha value is -5.75. The second-order valence-electron chi connectivity index (χ2n) is 13.7. The average molecular weight is 715 g/mol. The van der Waals surface area contributed by atoms with Crippen molar-refractivity contribution in [2.24, 2.45) is 0 Å². The zero-order valence-corrected chi connectivity index (χ0v) is 30.5. The van der Waals surface area contributed by atoms with E-state index in [1.165, 1.54) is 12.8 Å². The van der Waals surface area contributed by atoms with Gasteiger partial charge in [-0.2, -0.15) is 5.10 Å². The molecule has 2 amide bonds. The lowest BCUT2D eigenvalue weighted by Gasteiger charge is -2.16. The molecule has 2 N–H and O–H groups in total. The summed E-state index contributed by atoms with van der Waals surface area (Å²) in [5, 5.41) is 12.2. The molecule has 2 fully saturated rings. The van der Waals surface area contributed by atoms with Gasteiger partial charge in [-0.3, -0.25) is 14.5 Å². The second-order valence-corrected chi connectivity index (χ2v) is 13.7. The van der Waals surface area contributed by atoms with E-state index in [4.69, 9.17) is 19.6 Å². The molecule has 3 aromatic heterocycles. The number of carbonyl (C=O) groups excluding carboxylic acids is 2. The SMILES string of the molecule is CCCc1ccnc(NC(=O)c2ccc(Oc3ccnc4c3c(N[C@@H]3CCN(C(=O)C=CCN(C)C5CC5)C3)nn4Cc3ccc(OC)cc3)cc2)c1. The van der Waals surface area contributed by atoms with Crippen molar-refractivity contribution in [1.82, 2.24) is 29.5 Å². The number of ether oxygens (including phenoxy) is 2. The van der Waals surface area contributed by atoms with Crippen molar-refractivity contribution in [2.75, 3.05) is 44.4 Å². The molecule has 1 saturated carbocycles. The van der Waals surface area contributed by atoms with Gasteiger partial charge in [0.1, 0.15) is 28.5 Å². The number of pyridine rings is 2. The predicted octanol–water partition coefficient (Wildman–Crippen LogP) is 6.54. The van der Waals surface area contributed by atoms with Crippen molar-refractivity contribution in [2.45, 2.75) is 57.7 Å². The van der Waals surface area contributed by atoms with Gasteiger partial charge >= 0.3 is 0 Å². The fourth-order valence-corrected chi connectivity index (χ4v) is 6.61. The maximum Gasteiger partial charge on any atom is 0.256 e. The lowest BCUT2D eigenvalue weighted by molar-refractivity contribution is -0.125. The van der Waals surface area contributed by atoms with E-state index in [-0.39, 0.29) is 17.9 Å². The molecule has 12 heteroatoms. The number of likely N-dealkylation sites (tertiary alicyclic amines) is 1. The smallest absolute Gasteiger partial charge is 0.256 e. The highest BCUT2D eigenvalue weighted by Crippen LogP contribution is 2.35. The summed E-state index contributed by atoms with van der Waals surface area (Å²) in [6, 6.07) is 21.2. The van der Waals surface area contributed by atoms with Crippen LogP contribution < -0.4 is 20.1 Å². The van der Waals surface area contributed by atoms with Crippen LogP contribution >= 0.6 is 0 Å². The minimum atomic E-state index is -0.250. The van der Waals surface area contributed by atoms with Crippen LogP contribution in [0.4, 0.5) is 11.6 Å². The number of anilines is 2. The number of nitrogens with one attached hydrogen (secondary N) is 2. The summed E-state index contributed by atoms with van der Waals surface area (Å²) in [7, 11) is 3.75. The molecule has 0 bridgehead atoms. The van der Waals surface area contributed by atoms with Crippen molar-refractivity contribution in [3.63, 3.8) is 0 Å². The van der Waals surface area contributed by atoms with Crippen LogP contribution in [-0.4, -0.2) is 87.2 Å². The van der Waals surface area contributed by atoms with Gasteiger partial charge in [0.25, 0.3) is 5.91 Å². The highest BCUT2D eigenvalue weighted by molar-refractivity contribution is 6.03. The molecule has 4 heterocycles. The first-order valence-corrected chi connectivity index (χ1v) is 18.3. The number of likely N-dealkylation sites (N-methyl/N-ethyl adjacent to an activating group) is 1. The molecule has 5 aromatic rings. The zero-order chi connectivity index (χ0) is 36.7. The first-order chi connectivity index (χ1) is 25.9. The Labute approximate surface area is 309 Å². The van der Waals surface area contributed by atoms with Gasteiger partial charge < -0.3 is 25.0 Å². The molecule has 2 aromatic carbocycles. The maximum atomic E-state index is 13.0. The van der Waals surface area contributed by atoms with Crippen LogP contribution in [0.1, 0.15) is 54.1 Å². The lowest BCUT2D eigenvalue weighted by Crippen LogP contribution is -2.30. The molecule has 1 saturated heterocycles. The van der Waals surface area contributed by atoms with E-state index < -0.39 is 0 Å². The van der Waals surface area contributed by atoms with Crippen LogP contribution in [0.3, 0.4) is 0 Å². The second kappa shape index (κ2) is 16.3. The Bertz CT molecular complexity index is 2070. The van der Waals surface area contributed by atoms with Gasteiger partial charge in [-0.1, -0.05) is 31.6 Å². The zero-order valence-electron chi connectivity index (χ0n) is 30.5. The molecule has 7 rings (SSSR count). The Morgan fingerprint density at radius 3 is 2.49 bits per heavy atom. The maximum absolute atomic E-state index is 13.0. The molecule has 53 heavy (non-hydrogen) atoms. The highest BCUT2D eigenvalue weighted by atomic mass is 16.5. The number of hydrogen-bond donors (Lipinski definition) is 2. The van der Waals surface area contributed by atoms with Crippen molar-refractivity contribution in [1.29, 1.82) is 0 Å². The van der Waals surface area contributed by atoms with Crippen molar-refractivity contribution < 1.29 is 19.1 Å². The van der Waals surface area contributed by atoms with E-state index in [0.717, 1.165) is 48.1 Å². The number of fused-ring (bicyclic) bond motifs is 1. The van der Waals surface area contributed by atoms with Crippen LogP contribution in [0.5, 0.6) is 17.2 Å². The Balaban J connectivity index is 1.09. The minimum Gasteiger partial charge on any atom is -0.497 e. The molecule has 12 nitrogen and oxygen atoms in total. The molecule has 1 aliphatic carbocycles. The van der Waals surface area contributed by atoms with Crippen molar-refractivity contribution in [3.8, 4) is 17.2 Å². The van der Waals surface area contributed by atoms with Crippen LogP contribution in [0, 0.1) is 0 Å². The standard InChI is InChI=1S/C41H46N8O4/c1-4-6-28-18-21-42-36(25-28)45-41(51)30-10-16-34(17-11-30)53-35-19-22-43-40-38(35)39(46-49(40)26-29-8-14-33(52-3)15-9-29)44-31-20-24-48(27-31)37(50)7-5-23-47(2)32-12-13-32/h5,7-11,14-19,21-22,25,31-32H,4,6,12-13,20,23-24,26-27H2,1-3H3,(H,44,46)(H,42,45,51)/t31-/m1/s1. The Morgan fingerprint density at radius 2 is 1.74 bits per heavy atom. The summed E-state index contributed by atoms with van der Waals surface area (Å²) < 4.78 is 13.7. The Morgan fingerprint density at radius 1 is 0.962 bits per heavy atom. The summed E-state index contributed by atoms with van der Waals surface area (Å²) in [6.45, 7) is 4.60. The monoisotopic (exact) mass is 714 g/mol. The third-order valence-electron chi connectivity index (χ3n) is 9.70. The van der Waals surface area contributed by atoms with Gasteiger partial charge in [-0.05, 0) is 92.4 Å². The van der Waals surface area contributed by atoms with Gasteiger partial charge in [0.15, 0.2) is 11.5 Å². The van der Waals surface area contributed by atoms with E-state index in [2.05, 4.69) is 34.5 Å². The van der Waals surface area contributed by atoms with E-state index in [1.807, 2.05) is 58.1 Å². The normalized spacial score (nSPS) is 15.7. The first kappa shape index (κ1) is 35.6. The summed E-state index contributed by atoms with van der Waals surface area (Å²) in [4.78, 5) is 39.3. The van der Waals surface area contributed by atoms with E-state index >= 15 is 0 Å². The summed E-state index contributed by atoms with van der Waals surface area (Å²) >= 11 is 0. The van der Waals surface area contributed by atoms with Gasteiger partial charge in [0.2, 0.25) is 5.91 Å². The number of methoxy groups -OCH3 is 1. The summed E-state index contributed by atoms with van der Waals surface area (Å²) in [6.07, 6.45) is 12.3. The number of hydrogen-bond acceptors (Lipinski definition) is 9. The molecule has 1 atom stereocenters. The number of amides is 2. The van der Waals surface area contributed by atoms with Gasteiger partial charge in [-0.15, -0.1) is 0 Å². The number of carbonyl (C=O) groups is 2. The van der Waals surface area contributed by atoms with Gasteiger partial charge in [-0.25, -0.2) is 14.6 Å². The largest absolute Gasteiger partial charge is 0.497 e. The Kier molecular flexibility index (Phi) is 11.0. The number of benzene rings is 2. The lowest BCUT2D eigenvalue weighted by atomic mass is 10.1. The molecular formula is C41H46N8O4. The molecule has 0 unspecified atom stereocenters. The molecular weight excluding hydrogens is 669 g/mol. The fourth-order valence-electron chi connectivity index (χ4n) is 6.61. The number of nitrogens with zero attached hydrogens (tertiary/aromatic N) is 6. The summed E-state index contributed by atoms with van der Waals surface area (Å²) in [5.74, 6) is 2.84. The first-order valence-electron chi connectivity index (χ1n) is 18.3. The van der Waals surface area contributed by atoms with Crippen molar-refractivity contribution in [3.05, 3.63) is 108 Å². The third-order valence-corrected chi connectivity index (χ3v) is 9.70. The molecule has 274 valence electrons. The van der Waals surface area contributed by atoms with Crippen LogP contribution in [0.25, 0.3) is 11.0 Å². The number of aryl methyl sites for hydroxylation is 1. The summed E-state index contributed by atoms with van der Waals surface area (Å²) in [5.41, 5.74) is 3.31. The average Bonchev–Trinajstić information content (AvgIpc) is 3.83. The van der Waals surface area contributed by atoms with Crippen molar-refractivity contribution >= 4 is 34.5 Å². The van der Waals surface area contributed by atoms with Crippen LogP contribution in [-0.2, 0) is 17.8 Å². The number of rotatable bonds is 15. The van der Waals surface area contributed by atoms with Crippen LogP contribution in [0.15, 0.2) is 91.3 Å². The highest BCUT2D eigenvalue weighted by Gasteiger charge is 2.28. The van der Waals surface area contributed by atoms with E-state index in [9.17, 15) is 9.59 Å². The molecule has 2 aliphatic rings. The molecule has 0 radical (unpaired) electrons. The predicted molar refractivity (Wildman–Crippen MR) is 206 cm³/mol.